The third-order valence-electron chi connectivity index (χ3n) is 3.16. The highest BCUT2D eigenvalue weighted by Gasteiger charge is 2.08. The van der Waals surface area contributed by atoms with Gasteiger partial charge in [0.1, 0.15) is 0 Å². The van der Waals surface area contributed by atoms with Crippen LogP contribution < -0.4 is 0 Å². The number of hydrogen-bond donors (Lipinski definition) is 0. The third-order valence-corrected chi connectivity index (χ3v) is 3.16. The van der Waals surface area contributed by atoms with Crippen LogP contribution in [0.15, 0.2) is 18.2 Å². The Balaban J connectivity index is 0.000000557. The lowest BCUT2D eigenvalue weighted by molar-refractivity contribution is 0.817. The van der Waals surface area contributed by atoms with Gasteiger partial charge in [0, 0.05) is 0 Å². The van der Waals surface area contributed by atoms with Crippen LogP contribution in [0.1, 0.15) is 82.9 Å². The molecule has 0 aliphatic carbocycles. The van der Waals surface area contributed by atoms with Crippen molar-refractivity contribution in [2.45, 2.75) is 73.1 Å². The van der Waals surface area contributed by atoms with Gasteiger partial charge in [-0.3, -0.25) is 0 Å². The fourth-order valence-corrected chi connectivity index (χ4v) is 1.92. The Kier molecular flexibility index (Phi) is 7.95. The molecule has 0 heteroatoms. The second-order valence-corrected chi connectivity index (χ2v) is 5.37. The highest BCUT2D eigenvalue weighted by atomic mass is 14.1. The molecule has 1 aromatic carbocycles. The van der Waals surface area contributed by atoms with Crippen molar-refractivity contribution in [1.82, 2.24) is 0 Å². The molecule has 0 aliphatic rings. The monoisotopic (exact) mass is 234 g/mol. The molecule has 0 atom stereocenters. The zero-order chi connectivity index (χ0) is 13.4. The van der Waals surface area contributed by atoms with Crippen molar-refractivity contribution in [2.75, 3.05) is 0 Å². The van der Waals surface area contributed by atoms with E-state index in [1.54, 1.807) is 0 Å². The Labute approximate surface area is 108 Å². The number of unbranched alkanes of at least 4 members (excludes halogenated alkanes) is 1. The predicted molar refractivity (Wildman–Crippen MR) is 79.9 cm³/mol. The number of hydrogen-bond acceptors (Lipinski definition) is 0. The Morgan fingerprint density at radius 3 is 1.41 bits per heavy atom. The van der Waals surface area contributed by atoms with Crippen LogP contribution >= 0.6 is 0 Å². The van der Waals surface area contributed by atoms with Crippen LogP contribution in [0.3, 0.4) is 0 Å². The molecule has 0 aliphatic heterocycles. The van der Waals surface area contributed by atoms with E-state index in [9.17, 15) is 0 Å². The van der Waals surface area contributed by atoms with E-state index in [4.69, 9.17) is 0 Å². The standard InChI is InChI=1S/C13H20.C4H10/c1-9(2)12-7-6-8-13(10(3)4)11(12)5;1-3-4-2/h6-10H,1-5H3;3-4H2,1-2H3. The third kappa shape index (κ3) is 5.39. The zero-order valence-corrected chi connectivity index (χ0v) is 12.8. The summed E-state index contributed by atoms with van der Waals surface area (Å²) in [5, 5.41) is 0. The average molecular weight is 234 g/mol. The summed E-state index contributed by atoms with van der Waals surface area (Å²) in [5.41, 5.74) is 4.46. The van der Waals surface area contributed by atoms with E-state index in [-0.39, 0.29) is 0 Å². The molecule has 0 saturated heterocycles. The molecule has 0 amide bonds. The first kappa shape index (κ1) is 16.2. The first-order valence-electron chi connectivity index (χ1n) is 7.04. The lowest BCUT2D eigenvalue weighted by Gasteiger charge is -2.16. The van der Waals surface area contributed by atoms with E-state index in [0.717, 1.165) is 0 Å². The summed E-state index contributed by atoms with van der Waals surface area (Å²) in [6.45, 7) is 15.6. The van der Waals surface area contributed by atoms with E-state index >= 15 is 0 Å². The van der Waals surface area contributed by atoms with Gasteiger partial charge in [-0.05, 0) is 35.4 Å². The zero-order valence-electron chi connectivity index (χ0n) is 12.8. The van der Waals surface area contributed by atoms with Crippen molar-refractivity contribution < 1.29 is 0 Å². The Bertz CT molecular complexity index is 280. The molecule has 0 nitrogen and oxygen atoms in total. The molecule has 17 heavy (non-hydrogen) atoms. The largest absolute Gasteiger partial charge is 0.0654 e. The minimum Gasteiger partial charge on any atom is -0.0654 e. The van der Waals surface area contributed by atoms with Gasteiger partial charge in [0.05, 0.1) is 0 Å². The Hall–Kier alpha value is -0.780. The fraction of sp³-hybridized carbons (Fsp3) is 0.647. The molecule has 0 unspecified atom stereocenters. The molecular formula is C17H30. The van der Waals surface area contributed by atoms with Crippen LogP contribution in [0, 0.1) is 6.92 Å². The molecule has 0 fully saturated rings. The van der Waals surface area contributed by atoms with E-state index in [1.165, 1.54) is 29.5 Å². The lowest BCUT2D eigenvalue weighted by Crippen LogP contribution is -1.98. The Morgan fingerprint density at radius 2 is 1.18 bits per heavy atom. The Morgan fingerprint density at radius 1 is 0.824 bits per heavy atom. The minimum absolute atomic E-state index is 0.638. The molecule has 0 radical (unpaired) electrons. The maximum absolute atomic E-state index is 2.26. The SMILES string of the molecule is CCCC.Cc1c(C(C)C)cccc1C(C)C. The van der Waals surface area contributed by atoms with Crippen molar-refractivity contribution in [3.8, 4) is 0 Å². The molecule has 0 heterocycles. The average Bonchev–Trinajstić information content (AvgIpc) is 2.29. The first-order valence-corrected chi connectivity index (χ1v) is 7.04. The lowest BCUT2D eigenvalue weighted by atomic mass is 9.90. The van der Waals surface area contributed by atoms with Gasteiger partial charge in [-0.2, -0.15) is 0 Å². The summed E-state index contributed by atoms with van der Waals surface area (Å²) in [6, 6.07) is 6.66. The topological polar surface area (TPSA) is 0 Å². The van der Waals surface area contributed by atoms with Crippen molar-refractivity contribution >= 4 is 0 Å². The molecular weight excluding hydrogens is 204 g/mol. The van der Waals surface area contributed by atoms with Gasteiger partial charge in [-0.25, -0.2) is 0 Å². The van der Waals surface area contributed by atoms with Gasteiger partial charge >= 0.3 is 0 Å². The van der Waals surface area contributed by atoms with Gasteiger partial charge < -0.3 is 0 Å². The van der Waals surface area contributed by atoms with Crippen LogP contribution in [-0.2, 0) is 0 Å². The molecule has 0 N–H and O–H groups in total. The van der Waals surface area contributed by atoms with Crippen molar-refractivity contribution in [2.24, 2.45) is 0 Å². The molecule has 0 bridgehead atoms. The molecule has 0 saturated carbocycles. The maximum atomic E-state index is 2.26. The van der Waals surface area contributed by atoms with Gasteiger partial charge in [-0.15, -0.1) is 0 Å². The van der Waals surface area contributed by atoms with Crippen LogP contribution in [0.5, 0.6) is 0 Å². The smallest absolute Gasteiger partial charge is 0.0216 e. The van der Waals surface area contributed by atoms with Crippen molar-refractivity contribution in [3.05, 3.63) is 34.9 Å². The number of rotatable bonds is 3. The van der Waals surface area contributed by atoms with E-state index in [2.05, 4.69) is 66.7 Å². The summed E-state index contributed by atoms with van der Waals surface area (Å²) in [7, 11) is 0. The van der Waals surface area contributed by atoms with E-state index < -0.39 is 0 Å². The van der Waals surface area contributed by atoms with Gasteiger partial charge in [0.2, 0.25) is 0 Å². The van der Waals surface area contributed by atoms with E-state index in [1.807, 2.05) is 0 Å². The van der Waals surface area contributed by atoms with E-state index in [0.29, 0.717) is 11.8 Å². The fourth-order valence-electron chi connectivity index (χ4n) is 1.92. The van der Waals surface area contributed by atoms with Gasteiger partial charge in [-0.1, -0.05) is 72.6 Å². The maximum Gasteiger partial charge on any atom is -0.0216 e. The molecule has 1 aromatic rings. The summed E-state index contributed by atoms with van der Waals surface area (Å²) in [4.78, 5) is 0. The van der Waals surface area contributed by atoms with Crippen molar-refractivity contribution in [3.63, 3.8) is 0 Å². The van der Waals surface area contributed by atoms with Gasteiger partial charge in [0.25, 0.3) is 0 Å². The highest BCUT2D eigenvalue weighted by molar-refractivity contribution is 5.37. The van der Waals surface area contributed by atoms with Crippen LogP contribution in [0.25, 0.3) is 0 Å². The van der Waals surface area contributed by atoms with Crippen LogP contribution in [-0.4, -0.2) is 0 Å². The van der Waals surface area contributed by atoms with Crippen LogP contribution in [0.2, 0.25) is 0 Å². The molecule has 0 aromatic heterocycles. The predicted octanol–water partition coefficient (Wildman–Crippen LogP) is 6.05. The molecule has 1 rings (SSSR count). The summed E-state index contributed by atoms with van der Waals surface area (Å²) in [5.74, 6) is 1.28. The quantitative estimate of drug-likeness (QED) is 0.597. The minimum atomic E-state index is 0.638. The normalized spacial score (nSPS) is 10.4. The summed E-state index contributed by atoms with van der Waals surface area (Å²) in [6.07, 6.45) is 2.64. The second-order valence-electron chi connectivity index (χ2n) is 5.37. The molecule has 98 valence electrons. The van der Waals surface area contributed by atoms with Gasteiger partial charge in [0.15, 0.2) is 0 Å². The second kappa shape index (κ2) is 8.33. The highest BCUT2D eigenvalue weighted by Crippen LogP contribution is 2.26. The summed E-state index contributed by atoms with van der Waals surface area (Å²) >= 11 is 0. The first-order chi connectivity index (χ1) is 7.95. The summed E-state index contributed by atoms with van der Waals surface area (Å²) < 4.78 is 0. The molecule has 0 spiro atoms. The van der Waals surface area contributed by atoms with Crippen molar-refractivity contribution in [1.29, 1.82) is 0 Å². The van der Waals surface area contributed by atoms with Crippen LogP contribution in [0.4, 0.5) is 0 Å². The number of benzene rings is 1.